The van der Waals surface area contributed by atoms with E-state index in [1.807, 2.05) is 24.3 Å². The first kappa shape index (κ1) is 10.4. The summed E-state index contributed by atoms with van der Waals surface area (Å²) in [6.07, 6.45) is 0.113. The van der Waals surface area contributed by atoms with Crippen LogP contribution in [0.5, 0.6) is 0 Å². The number of halogens is 1. The maximum atomic E-state index is 11.6. The Balaban J connectivity index is 2.46. The molecule has 1 unspecified atom stereocenters. The van der Waals surface area contributed by atoms with E-state index in [4.69, 9.17) is 0 Å². The monoisotopic (exact) mass is 268 g/mol. The van der Waals surface area contributed by atoms with Crippen LogP contribution in [0.4, 0.5) is 0 Å². The number of hydrogen-bond donors (Lipinski definition) is 0. The second-order valence-corrected chi connectivity index (χ2v) is 4.70. The molecule has 1 heterocycles. The van der Waals surface area contributed by atoms with Crippen LogP contribution in [0.3, 0.4) is 0 Å². The highest BCUT2D eigenvalue weighted by atomic mass is 79.9. The van der Waals surface area contributed by atoms with Crippen LogP contribution in [0.2, 0.25) is 0 Å². The molecule has 2 rings (SSSR count). The molecule has 0 aliphatic carbocycles. The molecule has 1 aromatic carbocycles. The molecule has 1 aliphatic heterocycles. The number of hydrogen-bond acceptors (Lipinski definition) is 3. The van der Waals surface area contributed by atoms with Gasteiger partial charge in [0.15, 0.2) is 0 Å². The molecule has 78 valence electrons. The van der Waals surface area contributed by atoms with E-state index in [0.717, 1.165) is 10.0 Å². The lowest BCUT2D eigenvalue weighted by Crippen LogP contribution is -2.27. The molecule has 1 atom stereocenters. The van der Waals surface area contributed by atoms with Gasteiger partial charge in [-0.15, -0.1) is 0 Å². The predicted molar refractivity (Wildman–Crippen MR) is 57.2 cm³/mol. The highest BCUT2D eigenvalue weighted by Gasteiger charge is 2.46. The molecule has 0 N–H and O–H groups in total. The van der Waals surface area contributed by atoms with Gasteiger partial charge in [0.2, 0.25) is 0 Å². The SMILES string of the molecule is CC1(c2cccc(Br)c2)CC(=O)OC1=O. The van der Waals surface area contributed by atoms with E-state index >= 15 is 0 Å². The largest absolute Gasteiger partial charge is 0.392 e. The lowest BCUT2D eigenvalue weighted by Gasteiger charge is -2.18. The number of benzene rings is 1. The molecular weight excluding hydrogens is 260 g/mol. The number of cyclic esters (lactones) is 2. The topological polar surface area (TPSA) is 43.4 Å². The van der Waals surface area contributed by atoms with E-state index in [1.54, 1.807) is 6.92 Å². The zero-order chi connectivity index (χ0) is 11.1. The van der Waals surface area contributed by atoms with Gasteiger partial charge in [0.1, 0.15) is 5.41 Å². The minimum Gasteiger partial charge on any atom is -0.392 e. The first-order valence-electron chi connectivity index (χ1n) is 4.53. The standard InChI is InChI=1S/C11H9BrO3/c1-11(6-9(13)15-10(11)14)7-3-2-4-8(12)5-7/h2-5H,6H2,1H3. The molecule has 0 saturated carbocycles. The fraction of sp³-hybridized carbons (Fsp3) is 0.273. The van der Waals surface area contributed by atoms with Crippen molar-refractivity contribution < 1.29 is 14.3 Å². The molecule has 3 nitrogen and oxygen atoms in total. The molecule has 15 heavy (non-hydrogen) atoms. The summed E-state index contributed by atoms with van der Waals surface area (Å²) in [5.74, 6) is -0.923. The Bertz CT molecular complexity index is 441. The van der Waals surface area contributed by atoms with Crippen LogP contribution in [0.1, 0.15) is 18.9 Å². The Hall–Kier alpha value is -1.16. The highest BCUT2D eigenvalue weighted by Crippen LogP contribution is 2.35. The van der Waals surface area contributed by atoms with Crippen LogP contribution in [0.25, 0.3) is 0 Å². The first-order valence-corrected chi connectivity index (χ1v) is 5.33. The predicted octanol–water partition coefficient (Wildman–Crippen LogP) is 2.18. The van der Waals surface area contributed by atoms with Crippen LogP contribution in [-0.2, 0) is 19.7 Å². The zero-order valence-electron chi connectivity index (χ0n) is 8.12. The van der Waals surface area contributed by atoms with Crippen LogP contribution >= 0.6 is 15.9 Å². The van der Waals surface area contributed by atoms with Gasteiger partial charge in [-0.3, -0.25) is 9.59 Å². The third-order valence-electron chi connectivity index (χ3n) is 2.62. The maximum Gasteiger partial charge on any atom is 0.324 e. The Morgan fingerprint density at radius 3 is 2.67 bits per heavy atom. The smallest absolute Gasteiger partial charge is 0.324 e. The van der Waals surface area contributed by atoms with E-state index in [9.17, 15) is 9.59 Å². The minimum atomic E-state index is -0.832. The van der Waals surface area contributed by atoms with Crippen LogP contribution < -0.4 is 0 Å². The summed E-state index contributed by atoms with van der Waals surface area (Å²) in [5.41, 5.74) is -0.0337. The number of carbonyl (C=O) groups is 2. The zero-order valence-corrected chi connectivity index (χ0v) is 9.71. The minimum absolute atomic E-state index is 0.113. The lowest BCUT2D eigenvalue weighted by molar-refractivity contribution is -0.153. The lowest BCUT2D eigenvalue weighted by atomic mass is 9.81. The summed E-state index contributed by atoms with van der Waals surface area (Å²) in [5, 5.41) is 0. The van der Waals surface area contributed by atoms with Gasteiger partial charge in [0.05, 0.1) is 6.42 Å². The Morgan fingerprint density at radius 2 is 2.13 bits per heavy atom. The number of ether oxygens (including phenoxy) is 1. The first-order chi connectivity index (χ1) is 7.02. The second kappa shape index (κ2) is 3.45. The molecule has 0 radical (unpaired) electrons. The van der Waals surface area contributed by atoms with Crippen molar-refractivity contribution >= 4 is 27.9 Å². The average Bonchev–Trinajstić information content (AvgIpc) is 2.42. The molecule has 0 aromatic heterocycles. The van der Waals surface area contributed by atoms with Crippen molar-refractivity contribution in [3.8, 4) is 0 Å². The van der Waals surface area contributed by atoms with E-state index in [0.29, 0.717) is 0 Å². The van der Waals surface area contributed by atoms with Gasteiger partial charge >= 0.3 is 11.9 Å². The van der Waals surface area contributed by atoms with Crippen LogP contribution in [0.15, 0.2) is 28.7 Å². The van der Waals surface area contributed by atoms with Gasteiger partial charge in [-0.1, -0.05) is 28.1 Å². The van der Waals surface area contributed by atoms with Gasteiger partial charge in [0.25, 0.3) is 0 Å². The van der Waals surface area contributed by atoms with Crippen molar-refractivity contribution in [3.05, 3.63) is 34.3 Å². The summed E-state index contributed by atoms with van der Waals surface area (Å²) in [7, 11) is 0. The van der Waals surface area contributed by atoms with Gasteiger partial charge in [-0.05, 0) is 24.6 Å². The van der Waals surface area contributed by atoms with Gasteiger partial charge in [0, 0.05) is 4.47 Å². The van der Waals surface area contributed by atoms with Crippen molar-refractivity contribution in [2.45, 2.75) is 18.8 Å². The van der Waals surface area contributed by atoms with Crippen molar-refractivity contribution in [2.75, 3.05) is 0 Å². The summed E-state index contributed by atoms with van der Waals surface area (Å²) in [6.45, 7) is 1.72. The van der Waals surface area contributed by atoms with E-state index in [1.165, 1.54) is 0 Å². The number of carbonyl (C=O) groups excluding carboxylic acids is 2. The van der Waals surface area contributed by atoms with Crippen molar-refractivity contribution in [1.82, 2.24) is 0 Å². The third kappa shape index (κ3) is 1.69. The highest BCUT2D eigenvalue weighted by molar-refractivity contribution is 9.10. The summed E-state index contributed by atoms with van der Waals surface area (Å²) in [4.78, 5) is 22.6. The molecule has 1 saturated heterocycles. The van der Waals surface area contributed by atoms with Gasteiger partial charge in [-0.25, -0.2) is 0 Å². The fourth-order valence-corrected chi connectivity index (χ4v) is 2.06. The Kier molecular flexibility index (Phi) is 2.38. The fourth-order valence-electron chi connectivity index (χ4n) is 1.66. The molecule has 1 aromatic rings. The van der Waals surface area contributed by atoms with Crippen LogP contribution in [0, 0.1) is 0 Å². The third-order valence-corrected chi connectivity index (χ3v) is 3.11. The van der Waals surface area contributed by atoms with Gasteiger partial charge < -0.3 is 4.74 Å². The average molecular weight is 269 g/mol. The summed E-state index contributed by atoms with van der Waals surface area (Å²) in [6, 6.07) is 7.36. The molecule has 1 aliphatic rings. The van der Waals surface area contributed by atoms with Crippen molar-refractivity contribution in [3.63, 3.8) is 0 Å². The second-order valence-electron chi connectivity index (χ2n) is 3.78. The molecule has 1 fully saturated rings. The molecule has 0 spiro atoms. The Labute approximate surface area is 95.6 Å². The Morgan fingerprint density at radius 1 is 1.40 bits per heavy atom. The number of esters is 2. The van der Waals surface area contributed by atoms with Crippen LogP contribution in [-0.4, -0.2) is 11.9 Å². The molecular formula is C11H9BrO3. The van der Waals surface area contributed by atoms with E-state index in [-0.39, 0.29) is 6.42 Å². The molecule has 0 bridgehead atoms. The summed E-state index contributed by atoms with van der Waals surface area (Å²) >= 11 is 3.33. The normalized spacial score (nSPS) is 25.5. The van der Waals surface area contributed by atoms with E-state index in [2.05, 4.69) is 20.7 Å². The molecule has 4 heteroatoms. The summed E-state index contributed by atoms with van der Waals surface area (Å²) < 4.78 is 5.46. The van der Waals surface area contributed by atoms with Crippen molar-refractivity contribution in [1.29, 1.82) is 0 Å². The quantitative estimate of drug-likeness (QED) is 0.579. The van der Waals surface area contributed by atoms with E-state index < -0.39 is 17.4 Å². The molecule has 0 amide bonds. The van der Waals surface area contributed by atoms with Crippen molar-refractivity contribution in [2.24, 2.45) is 0 Å². The van der Waals surface area contributed by atoms with Gasteiger partial charge in [-0.2, -0.15) is 0 Å². The maximum absolute atomic E-state index is 11.6. The number of rotatable bonds is 1.